The van der Waals surface area contributed by atoms with Crippen molar-refractivity contribution in [2.75, 3.05) is 28.7 Å². The molecule has 9 heteroatoms. The lowest BCUT2D eigenvalue weighted by molar-refractivity contribution is -0.111. The molecule has 0 saturated carbocycles. The Morgan fingerprint density at radius 1 is 1.26 bits per heavy atom. The van der Waals surface area contributed by atoms with E-state index in [1.54, 1.807) is 6.33 Å². The number of anilines is 4. The Labute approximate surface area is 207 Å². The van der Waals surface area contributed by atoms with E-state index in [1.165, 1.54) is 6.08 Å². The maximum atomic E-state index is 11.7. The fraction of sp³-hybridized carbons (Fsp3) is 0.462. The van der Waals surface area contributed by atoms with Crippen LogP contribution in [0.5, 0.6) is 0 Å². The summed E-state index contributed by atoms with van der Waals surface area (Å²) in [7, 11) is 0. The molecule has 1 saturated heterocycles. The second kappa shape index (κ2) is 12.3. The number of amides is 1. The van der Waals surface area contributed by atoms with Crippen LogP contribution in [0.2, 0.25) is 0 Å². The number of hydrogen-bond acceptors (Lipinski definition) is 7. The number of aliphatic hydroxyl groups is 1. The van der Waals surface area contributed by atoms with E-state index in [1.807, 2.05) is 42.7 Å². The quantitative estimate of drug-likeness (QED) is 0.388. The third-order valence-electron chi connectivity index (χ3n) is 5.89. The predicted molar refractivity (Wildman–Crippen MR) is 142 cm³/mol. The van der Waals surface area contributed by atoms with Crippen molar-refractivity contribution >= 4 is 40.2 Å². The van der Waals surface area contributed by atoms with E-state index >= 15 is 0 Å². The number of hydrogen-bond donors (Lipinski definition) is 3. The molecule has 3 heterocycles. The zero-order valence-electron chi connectivity index (χ0n) is 21.2. The molecule has 0 spiro atoms. The van der Waals surface area contributed by atoms with Gasteiger partial charge in [-0.3, -0.25) is 4.79 Å². The summed E-state index contributed by atoms with van der Waals surface area (Å²) in [5, 5.41) is 15.7. The number of aromatic nitrogens is 4. The van der Waals surface area contributed by atoms with Crippen LogP contribution in [0.15, 0.2) is 43.2 Å². The molecule has 9 nitrogen and oxygen atoms in total. The highest BCUT2D eigenvalue weighted by Crippen LogP contribution is 2.31. The number of rotatable bonds is 8. The number of aliphatic hydroxyl groups excluding tert-OH is 1. The summed E-state index contributed by atoms with van der Waals surface area (Å²) in [6, 6.07) is 7.82. The highest BCUT2D eigenvalue weighted by atomic mass is 16.3. The van der Waals surface area contributed by atoms with Gasteiger partial charge in [0, 0.05) is 36.6 Å². The zero-order chi connectivity index (χ0) is 25.4. The maximum absolute atomic E-state index is 11.7. The lowest BCUT2D eigenvalue weighted by Crippen LogP contribution is -2.41. The van der Waals surface area contributed by atoms with E-state index in [4.69, 9.17) is 9.97 Å². The van der Waals surface area contributed by atoms with Gasteiger partial charge in [-0.15, -0.1) is 0 Å². The van der Waals surface area contributed by atoms with Crippen LogP contribution in [0.4, 0.5) is 23.1 Å². The van der Waals surface area contributed by atoms with Crippen LogP contribution in [-0.4, -0.2) is 49.7 Å². The second-order valence-electron chi connectivity index (χ2n) is 8.54. The standard InChI is InChI=1S/C24H31N7O2.C2H6/c1-4-20(33)26-17-8-7-9-18(14-17)27-22-21-23(31(15-25-21)16(2)3)29-24(28-22)30-12-6-5-10-19(30)11-13-32;1-2/h4,7-9,14-16,19,32H,1,5-6,10-13H2,2-3H3,(H,26,33)(H,27,28,29);1-2H3. The molecule has 1 aromatic carbocycles. The van der Waals surface area contributed by atoms with E-state index in [-0.39, 0.29) is 24.6 Å². The molecule has 1 aliphatic rings. The summed E-state index contributed by atoms with van der Waals surface area (Å²) in [5.41, 5.74) is 2.88. The van der Waals surface area contributed by atoms with Gasteiger partial charge in [0.1, 0.15) is 0 Å². The van der Waals surface area contributed by atoms with Crippen molar-refractivity contribution in [1.29, 1.82) is 0 Å². The summed E-state index contributed by atoms with van der Waals surface area (Å²) in [4.78, 5) is 28.3. The SMILES string of the molecule is C=CC(=O)Nc1cccc(Nc2nc(N3CCCCC3CCO)nc3c2ncn3C(C)C)c1.CC. The van der Waals surface area contributed by atoms with Crippen LogP contribution >= 0.6 is 0 Å². The molecule has 1 atom stereocenters. The van der Waals surface area contributed by atoms with Crippen molar-refractivity contribution in [3.05, 3.63) is 43.2 Å². The number of imidazole rings is 1. The predicted octanol–water partition coefficient (Wildman–Crippen LogP) is 5.04. The molecule has 188 valence electrons. The molecule has 35 heavy (non-hydrogen) atoms. The fourth-order valence-corrected chi connectivity index (χ4v) is 4.22. The van der Waals surface area contributed by atoms with Crippen LogP contribution < -0.4 is 15.5 Å². The van der Waals surface area contributed by atoms with Crippen molar-refractivity contribution < 1.29 is 9.90 Å². The number of benzene rings is 1. The molecule has 0 bridgehead atoms. The van der Waals surface area contributed by atoms with Gasteiger partial charge in [0.15, 0.2) is 17.0 Å². The van der Waals surface area contributed by atoms with Gasteiger partial charge in [0.05, 0.1) is 6.33 Å². The van der Waals surface area contributed by atoms with E-state index in [0.717, 1.165) is 37.1 Å². The molecule has 1 unspecified atom stereocenters. The highest BCUT2D eigenvalue weighted by molar-refractivity contribution is 5.99. The Kier molecular flexibility index (Phi) is 9.19. The molecular weight excluding hydrogens is 442 g/mol. The first-order chi connectivity index (χ1) is 17.0. The van der Waals surface area contributed by atoms with Gasteiger partial charge in [0.2, 0.25) is 11.9 Å². The summed E-state index contributed by atoms with van der Waals surface area (Å²) in [6.07, 6.45) is 6.95. The van der Waals surface area contributed by atoms with E-state index in [0.29, 0.717) is 29.4 Å². The number of nitrogens with one attached hydrogen (secondary N) is 2. The molecule has 1 aliphatic heterocycles. The van der Waals surface area contributed by atoms with Crippen LogP contribution in [0.25, 0.3) is 11.2 Å². The van der Waals surface area contributed by atoms with Crippen LogP contribution in [0, 0.1) is 0 Å². The second-order valence-corrected chi connectivity index (χ2v) is 8.54. The number of carbonyl (C=O) groups excluding carboxylic acids is 1. The van der Waals surface area contributed by atoms with Crippen LogP contribution in [-0.2, 0) is 4.79 Å². The normalized spacial score (nSPS) is 15.5. The topological polar surface area (TPSA) is 108 Å². The van der Waals surface area contributed by atoms with Crippen LogP contribution in [0.1, 0.15) is 59.4 Å². The van der Waals surface area contributed by atoms with Gasteiger partial charge in [-0.2, -0.15) is 9.97 Å². The molecule has 2 aromatic heterocycles. The Bertz CT molecular complexity index is 1140. The minimum absolute atomic E-state index is 0.141. The number of piperidine rings is 1. The monoisotopic (exact) mass is 479 g/mol. The molecule has 0 aliphatic carbocycles. The Balaban J connectivity index is 0.00000167. The van der Waals surface area contributed by atoms with Gasteiger partial charge in [0.25, 0.3) is 0 Å². The van der Waals surface area contributed by atoms with Crippen molar-refractivity contribution in [2.24, 2.45) is 0 Å². The molecule has 1 amide bonds. The van der Waals surface area contributed by atoms with Crippen molar-refractivity contribution in [2.45, 2.75) is 65.5 Å². The summed E-state index contributed by atoms with van der Waals surface area (Å²) in [5.74, 6) is 0.978. The van der Waals surface area contributed by atoms with E-state index in [9.17, 15) is 9.90 Å². The lowest BCUT2D eigenvalue weighted by Gasteiger charge is -2.35. The summed E-state index contributed by atoms with van der Waals surface area (Å²) in [6.45, 7) is 12.7. The van der Waals surface area contributed by atoms with Crippen molar-refractivity contribution in [3.63, 3.8) is 0 Å². The molecule has 3 aromatic rings. The maximum Gasteiger partial charge on any atom is 0.247 e. The summed E-state index contributed by atoms with van der Waals surface area (Å²) < 4.78 is 2.04. The Morgan fingerprint density at radius 2 is 2.03 bits per heavy atom. The van der Waals surface area contributed by atoms with Crippen LogP contribution in [0.3, 0.4) is 0 Å². The Morgan fingerprint density at radius 3 is 2.74 bits per heavy atom. The molecular formula is C26H37N7O2. The minimum Gasteiger partial charge on any atom is -0.396 e. The Hall–Kier alpha value is -3.46. The molecule has 4 rings (SSSR count). The van der Waals surface area contributed by atoms with Gasteiger partial charge in [-0.05, 0) is 63.8 Å². The number of nitrogens with zero attached hydrogens (tertiary/aromatic N) is 5. The van der Waals surface area contributed by atoms with Gasteiger partial charge < -0.3 is 25.2 Å². The average Bonchev–Trinajstić information content (AvgIpc) is 3.31. The third kappa shape index (κ3) is 6.16. The first-order valence-electron chi connectivity index (χ1n) is 12.4. The average molecular weight is 480 g/mol. The third-order valence-corrected chi connectivity index (χ3v) is 5.89. The first kappa shape index (κ1) is 26.2. The fourth-order valence-electron chi connectivity index (χ4n) is 4.22. The zero-order valence-corrected chi connectivity index (χ0v) is 21.2. The number of carbonyl (C=O) groups is 1. The van der Waals surface area contributed by atoms with E-state index in [2.05, 4.69) is 40.9 Å². The minimum atomic E-state index is -0.269. The molecule has 3 N–H and O–H groups in total. The van der Waals surface area contributed by atoms with Gasteiger partial charge in [-0.1, -0.05) is 26.5 Å². The first-order valence-corrected chi connectivity index (χ1v) is 12.4. The number of fused-ring (bicyclic) bond motifs is 1. The molecule has 1 fully saturated rings. The van der Waals surface area contributed by atoms with Gasteiger partial charge >= 0.3 is 0 Å². The molecule has 0 radical (unpaired) electrons. The van der Waals surface area contributed by atoms with Crippen molar-refractivity contribution in [1.82, 2.24) is 19.5 Å². The smallest absolute Gasteiger partial charge is 0.247 e. The lowest BCUT2D eigenvalue weighted by atomic mass is 10.0. The van der Waals surface area contributed by atoms with Gasteiger partial charge in [-0.25, -0.2) is 4.98 Å². The summed E-state index contributed by atoms with van der Waals surface area (Å²) >= 11 is 0. The largest absolute Gasteiger partial charge is 0.396 e. The van der Waals surface area contributed by atoms with E-state index < -0.39 is 0 Å². The highest BCUT2D eigenvalue weighted by Gasteiger charge is 2.26. The van der Waals surface area contributed by atoms with Crippen molar-refractivity contribution in [3.8, 4) is 0 Å².